The Kier molecular flexibility index (Phi) is 9.15. The number of nitrogens with zero attached hydrogens (tertiary/aromatic N) is 6. The van der Waals surface area contributed by atoms with E-state index in [9.17, 15) is 14.9 Å². The molecule has 0 unspecified atom stereocenters. The molecule has 11 heteroatoms. The lowest BCUT2D eigenvalue weighted by Crippen LogP contribution is -2.18. The number of carbonyl (C=O) groups is 1. The van der Waals surface area contributed by atoms with Gasteiger partial charge in [0.15, 0.2) is 0 Å². The van der Waals surface area contributed by atoms with Crippen molar-refractivity contribution in [2.75, 3.05) is 32.7 Å². The molecule has 0 heterocycles. The minimum absolute atomic E-state index is 0.0285. The lowest BCUT2D eigenvalue weighted by atomic mass is 10.2. The molecule has 0 amide bonds. The Morgan fingerprint density at radius 1 is 0.861 bits per heavy atom. The topological polar surface area (TPSA) is 131 Å². The summed E-state index contributed by atoms with van der Waals surface area (Å²) in [4.78, 5) is 22.9. The van der Waals surface area contributed by atoms with Gasteiger partial charge in [0.25, 0.3) is 5.69 Å². The van der Waals surface area contributed by atoms with E-state index in [0.717, 1.165) is 24.9 Å². The minimum Gasteiger partial charge on any atom is -0.494 e. The number of unbranched alkanes of at least 4 members (excludes halogenated alkanes) is 1. The number of ether oxygens (including phenoxy) is 2. The third-order valence-corrected chi connectivity index (χ3v) is 5.19. The van der Waals surface area contributed by atoms with Crippen molar-refractivity contribution in [3.05, 3.63) is 70.8 Å². The highest BCUT2D eigenvalue weighted by atomic mass is 16.6. The van der Waals surface area contributed by atoms with Gasteiger partial charge in [0.2, 0.25) is 0 Å². The average molecular weight is 491 g/mol. The largest absolute Gasteiger partial charge is 0.494 e. The second-order valence-electron chi connectivity index (χ2n) is 7.62. The zero-order valence-corrected chi connectivity index (χ0v) is 20.2. The molecule has 0 aliphatic rings. The number of nitro benzene ring substituents is 1. The molecule has 0 saturated heterocycles. The highest BCUT2D eigenvalue weighted by Gasteiger charge is 2.12. The van der Waals surface area contributed by atoms with Gasteiger partial charge in [0.05, 0.1) is 30.5 Å². The lowest BCUT2D eigenvalue weighted by molar-refractivity contribution is -0.384. The first-order valence-electron chi connectivity index (χ1n) is 11.0. The molecule has 3 aromatic rings. The molecule has 0 fully saturated rings. The van der Waals surface area contributed by atoms with Crippen LogP contribution in [0.4, 0.5) is 34.1 Å². The Balaban J connectivity index is 1.77. The standard InChI is InChI=1S/C25H26N6O5/c1-30(14-4-5-15-32)20-10-6-18(7-11-20)26-28-22-16-25(36-3)23(17-24(22)35-2)29-27-19-8-12-21(13-9-19)31(33)34/h6-13,15-17H,4-5,14H2,1-3H3/b28-26?,29-27+. The van der Waals surface area contributed by atoms with Crippen LogP contribution in [-0.4, -0.2) is 39.0 Å². The van der Waals surface area contributed by atoms with Crippen molar-refractivity contribution >= 4 is 40.4 Å². The second kappa shape index (κ2) is 12.7. The third kappa shape index (κ3) is 6.92. The molecule has 0 radical (unpaired) electrons. The molecule has 0 N–H and O–H groups in total. The molecule has 0 aromatic heterocycles. The Morgan fingerprint density at radius 2 is 1.36 bits per heavy atom. The number of anilines is 1. The minimum atomic E-state index is -0.479. The summed E-state index contributed by atoms with van der Waals surface area (Å²) >= 11 is 0. The number of hydrogen-bond acceptors (Lipinski definition) is 10. The fraction of sp³-hybridized carbons (Fsp3) is 0.240. The molecule has 0 aliphatic carbocycles. The molecule has 3 rings (SSSR count). The van der Waals surface area contributed by atoms with Gasteiger partial charge in [-0.15, -0.1) is 10.2 Å². The molecule has 0 saturated carbocycles. The fourth-order valence-corrected chi connectivity index (χ4v) is 3.20. The van der Waals surface area contributed by atoms with Crippen molar-refractivity contribution < 1.29 is 19.2 Å². The summed E-state index contributed by atoms with van der Waals surface area (Å²) in [6.07, 6.45) is 2.26. The van der Waals surface area contributed by atoms with Crippen LogP contribution in [0.1, 0.15) is 12.8 Å². The van der Waals surface area contributed by atoms with Crippen LogP contribution in [0.5, 0.6) is 11.5 Å². The van der Waals surface area contributed by atoms with Crippen LogP contribution in [0.25, 0.3) is 0 Å². The van der Waals surface area contributed by atoms with Gasteiger partial charge < -0.3 is 19.2 Å². The van der Waals surface area contributed by atoms with Crippen LogP contribution in [0.15, 0.2) is 81.1 Å². The van der Waals surface area contributed by atoms with Gasteiger partial charge in [0.1, 0.15) is 29.2 Å². The smallest absolute Gasteiger partial charge is 0.269 e. The zero-order chi connectivity index (χ0) is 25.9. The third-order valence-electron chi connectivity index (χ3n) is 5.19. The Labute approximate surface area is 208 Å². The zero-order valence-electron chi connectivity index (χ0n) is 20.2. The number of rotatable bonds is 12. The van der Waals surface area contributed by atoms with Crippen molar-refractivity contribution in [2.45, 2.75) is 12.8 Å². The quantitative estimate of drug-likeness (QED) is 0.0896. The summed E-state index contributed by atoms with van der Waals surface area (Å²) in [5.41, 5.74) is 2.93. The first-order chi connectivity index (χ1) is 17.4. The van der Waals surface area contributed by atoms with Gasteiger partial charge >= 0.3 is 0 Å². The SMILES string of the molecule is COc1cc(/N=N/c2ccc([N+](=O)[O-])cc2)c(OC)cc1N=Nc1ccc(N(C)CCCC=O)cc1. The highest BCUT2D eigenvalue weighted by Crippen LogP contribution is 2.41. The van der Waals surface area contributed by atoms with E-state index in [1.54, 1.807) is 12.1 Å². The van der Waals surface area contributed by atoms with Gasteiger partial charge in [0, 0.05) is 50.0 Å². The fourth-order valence-electron chi connectivity index (χ4n) is 3.20. The van der Waals surface area contributed by atoms with Crippen molar-refractivity contribution in [1.82, 2.24) is 0 Å². The lowest BCUT2D eigenvalue weighted by Gasteiger charge is -2.18. The highest BCUT2D eigenvalue weighted by molar-refractivity contribution is 5.66. The molecular formula is C25H26N6O5. The first kappa shape index (κ1) is 25.9. The Hall–Kier alpha value is -4.67. The number of aldehydes is 1. The van der Waals surface area contributed by atoms with Gasteiger partial charge in [-0.05, 0) is 42.8 Å². The van der Waals surface area contributed by atoms with E-state index < -0.39 is 4.92 Å². The monoisotopic (exact) mass is 490 g/mol. The van der Waals surface area contributed by atoms with Crippen LogP contribution in [-0.2, 0) is 4.79 Å². The number of non-ortho nitro benzene ring substituents is 1. The van der Waals surface area contributed by atoms with Gasteiger partial charge in [-0.2, -0.15) is 10.2 Å². The Morgan fingerprint density at radius 3 is 1.81 bits per heavy atom. The molecule has 3 aromatic carbocycles. The number of benzene rings is 3. The van der Waals surface area contributed by atoms with Crippen molar-refractivity contribution in [1.29, 1.82) is 0 Å². The number of hydrogen-bond donors (Lipinski definition) is 0. The molecule has 36 heavy (non-hydrogen) atoms. The van der Waals surface area contributed by atoms with Crippen LogP contribution in [0.3, 0.4) is 0 Å². The normalized spacial score (nSPS) is 11.1. The molecular weight excluding hydrogens is 464 g/mol. The maximum Gasteiger partial charge on any atom is 0.269 e. The van der Waals surface area contributed by atoms with E-state index in [2.05, 4.69) is 25.4 Å². The summed E-state index contributed by atoms with van der Waals surface area (Å²) in [6.45, 7) is 0.782. The maximum absolute atomic E-state index is 10.8. The number of nitro groups is 1. The van der Waals surface area contributed by atoms with Gasteiger partial charge in [-0.1, -0.05) is 0 Å². The number of carbonyl (C=O) groups excluding carboxylic acids is 1. The predicted octanol–water partition coefficient (Wildman–Crippen LogP) is 6.86. The summed E-state index contributed by atoms with van der Waals surface area (Å²) in [5.74, 6) is 0.825. The average Bonchev–Trinajstić information content (AvgIpc) is 2.91. The van der Waals surface area contributed by atoms with Gasteiger partial charge in [-0.3, -0.25) is 10.1 Å². The molecule has 0 aliphatic heterocycles. The van der Waals surface area contributed by atoms with E-state index >= 15 is 0 Å². The van der Waals surface area contributed by atoms with E-state index in [-0.39, 0.29) is 5.69 Å². The molecule has 11 nitrogen and oxygen atoms in total. The predicted molar refractivity (Wildman–Crippen MR) is 136 cm³/mol. The summed E-state index contributed by atoms with van der Waals surface area (Å²) in [7, 11) is 4.98. The van der Waals surface area contributed by atoms with E-state index in [1.165, 1.54) is 38.5 Å². The molecule has 0 bridgehead atoms. The van der Waals surface area contributed by atoms with Crippen molar-refractivity contribution in [3.63, 3.8) is 0 Å². The summed E-state index contributed by atoms with van der Waals surface area (Å²) < 4.78 is 10.9. The molecule has 0 spiro atoms. The van der Waals surface area contributed by atoms with Crippen molar-refractivity contribution in [2.24, 2.45) is 20.5 Å². The first-order valence-corrected chi connectivity index (χ1v) is 11.0. The van der Waals surface area contributed by atoms with Crippen LogP contribution < -0.4 is 14.4 Å². The van der Waals surface area contributed by atoms with E-state index in [4.69, 9.17) is 9.47 Å². The van der Waals surface area contributed by atoms with Gasteiger partial charge in [-0.25, -0.2) is 0 Å². The molecule has 0 atom stereocenters. The van der Waals surface area contributed by atoms with Crippen molar-refractivity contribution in [3.8, 4) is 11.5 Å². The van der Waals surface area contributed by atoms with Crippen LogP contribution in [0.2, 0.25) is 0 Å². The summed E-state index contributed by atoms with van der Waals surface area (Å²) in [6, 6.07) is 16.6. The molecule has 186 valence electrons. The maximum atomic E-state index is 10.8. The number of azo groups is 2. The number of methoxy groups -OCH3 is 2. The van der Waals surface area contributed by atoms with E-state index in [0.29, 0.717) is 40.7 Å². The van der Waals surface area contributed by atoms with Crippen LogP contribution in [0, 0.1) is 10.1 Å². The van der Waals surface area contributed by atoms with E-state index in [1.807, 2.05) is 31.3 Å². The Bertz CT molecular complexity index is 1240. The van der Waals surface area contributed by atoms with Crippen LogP contribution >= 0.6 is 0 Å². The summed E-state index contributed by atoms with van der Waals surface area (Å²) in [5, 5.41) is 27.7. The second-order valence-corrected chi connectivity index (χ2v) is 7.62.